The normalized spacial score (nSPS) is 12.5. The van der Waals surface area contributed by atoms with Crippen LogP contribution < -0.4 is 0 Å². The van der Waals surface area contributed by atoms with E-state index >= 15 is 0 Å². The molecule has 0 atom stereocenters. The van der Waals surface area contributed by atoms with Crippen LogP contribution in [0.15, 0.2) is 24.5 Å². The highest BCUT2D eigenvalue weighted by atomic mass is 35.7. The maximum absolute atomic E-state index is 10.7. The van der Waals surface area contributed by atoms with Gasteiger partial charge in [-0.05, 0) is 11.6 Å². The van der Waals surface area contributed by atoms with Gasteiger partial charge in [0.1, 0.15) is 0 Å². The van der Waals surface area contributed by atoms with Crippen LogP contribution in [0.1, 0.15) is 5.56 Å². The van der Waals surface area contributed by atoms with Crippen LogP contribution in [-0.4, -0.2) is 31.9 Å². The van der Waals surface area contributed by atoms with Crippen LogP contribution in [0.4, 0.5) is 13.2 Å². The summed E-state index contributed by atoms with van der Waals surface area (Å²) < 4.78 is 78.6. The highest BCUT2D eigenvalue weighted by Crippen LogP contribution is 2.20. The lowest BCUT2D eigenvalue weighted by atomic mass is 10.3. The number of pyridine rings is 1. The van der Waals surface area contributed by atoms with E-state index in [1.807, 2.05) is 0 Å². The average Bonchev–Trinajstić information content (AvgIpc) is 2.14. The van der Waals surface area contributed by atoms with Crippen molar-refractivity contribution in [3.8, 4) is 0 Å². The highest BCUT2D eigenvalue weighted by Gasteiger charge is 2.44. The van der Waals surface area contributed by atoms with Gasteiger partial charge in [-0.1, -0.05) is 6.07 Å². The van der Waals surface area contributed by atoms with Crippen LogP contribution in [-0.2, 0) is 24.9 Å². The number of nitrogens with zero attached hydrogens (tertiary/aromatic N) is 1. The molecule has 19 heavy (non-hydrogen) atoms. The van der Waals surface area contributed by atoms with Gasteiger partial charge in [0, 0.05) is 23.1 Å². The maximum atomic E-state index is 10.7. The lowest BCUT2D eigenvalue weighted by Crippen LogP contribution is -2.21. The first kappa shape index (κ1) is 18.1. The molecule has 1 rings (SSSR count). The van der Waals surface area contributed by atoms with Crippen molar-refractivity contribution < 1.29 is 34.6 Å². The zero-order valence-corrected chi connectivity index (χ0v) is 11.3. The molecule has 1 aromatic rings. The number of hydrogen-bond acceptors (Lipinski definition) is 5. The third kappa shape index (κ3) is 8.75. The van der Waals surface area contributed by atoms with Crippen LogP contribution in [0, 0.1) is 0 Å². The van der Waals surface area contributed by atoms with E-state index in [0.29, 0.717) is 5.56 Å². The Balaban J connectivity index is 0.000000362. The third-order valence-corrected chi connectivity index (χ3v) is 2.94. The molecule has 0 radical (unpaired) electrons. The molecule has 0 aliphatic heterocycles. The number of aromatic nitrogens is 1. The Bertz CT molecular complexity index is 599. The first-order valence-electron chi connectivity index (χ1n) is 4.18. The molecule has 0 aliphatic rings. The van der Waals surface area contributed by atoms with Crippen LogP contribution >= 0.6 is 10.7 Å². The van der Waals surface area contributed by atoms with Gasteiger partial charge in [0.2, 0.25) is 9.05 Å². The molecule has 0 saturated carbocycles. The number of rotatable bonds is 2. The monoisotopic (exact) mass is 341 g/mol. The standard InChI is InChI=1S/C6H6ClNO2S.CHF3O3S/c7-11(9,10)5-6-2-1-3-8-4-6;2-1(3,4)8(5,6)7/h1-4H,5H2;(H,5,6,7). The lowest BCUT2D eigenvalue weighted by molar-refractivity contribution is -0.0510. The number of halogens is 4. The summed E-state index contributed by atoms with van der Waals surface area (Å²) >= 11 is 0. The first-order chi connectivity index (χ1) is 8.33. The van der Waals surface area contributed by atoms with E-state index in [9.17, 15) is 21.6 Å². The van der Waals surface area contributed by atoms with Crippen molar-refractivity contribution in [3.05, 3.63) is 30.1 Å². The van der Waals surface area contributed by atoms with E-state index in [4.69, 9.17) is 23.7 Å². The van der Waals surface area contributed by atoms with Crippen LogP contribution in [0.3, 0.4) is 0 Å². The predicted octanol–water partition coefficient (Wildman–Crippen LogP) is 1.54. The molecule has 1 heterocycles. The van der Waals surface area contributed by atoms with Crippen molar-refractivity contribution in [2.75, 3.05) is 0 Å². The summed E-state index contributed by atoms with van der Waals surface area (Å²) in [5.74, 6) is -0.164. The zero-order valence-electron chi connectivity index (χ0n) is 8.87. The summed E-state index contributed by atoms with van der Waals surface area (Å²) in [4.78, 5) is 3.75. The molecular weight excluding hydrogens is 335 g/mol. The van der Waals surface area contributed by atoms with E-state index in [1.165, 1.54) is 6.20 Å². The summed E-state index contributed by atoms with van der Waals surface area (Å²) in [5, 5.41) is 0. The molecule has 110 valence electrons. The van der Waals surface area contributed by atoms with E-state index in [2.05, 4.69) is 4.98 Å². The summed E-state index contributed by atoms with van der Waals surface area (Å²) in [6, 6.07) is 3.32. The van der Waals surface area contributed by atoms with Gasteiger partial charge in [-0.2, -0.15) is 21.6 Å². The smallest absolute Gasteiger partial charge is 0.279 e. The number of alkyl halides is 3. The van der Waals surface area contributed by atoms with E-state index in [1.54, 1.807) is 18.3 Å². The second-order valence-electron chi connectivity index (χ2n) is 2.97. The molecule has 0 unspecified atom stereocenters. The molecule has 0 aromatic carbocycles. The molecule has 0 aliphatic carbocycles. The average molecular weight is 342 g/mol. The van der Waals surface area contributed by atoms with Gasteiger partial charge in [0.15, 0.2) is 0 Å². The van der Waals surface area contributed by atoms with Crippen LogP contribution in [0.5, 0.6) is 0 Å². The molecule has 0 bridgehead atoms. The lowest BCUT2D eigenvalue weighted by Gasteiger charge is -1.97. The Morgan fingerprint density at radius 3 is 2.00 bits per heavy atom. The van der Waals surface area contributed by atoms with Crippen molar-refractivity contribution in [2.24, 2.45) is 0 Å². The topological polar surface area (TPSA) is 101 Å². The van der Waals surface area contributed by atoms with Gasteiger partial charge in [0.05, 0.1) is 5.75 Å². The molecule has 1 aromatic heterocycles. The Kier molecular flexibility index (Phi) is 6.19. The van der Waals surface area contributed by atoms with E-state index in [0.717, 1.165) is 0 Å². The fraction of sp³-hybridized carbons (Fsp3) is 0.286. The Morgan fingerprint density at radius 1 is 1.26 bits per heavy atom. The minimum Gasteiger partial charge on any atom is -0.279 e. The summed E-state index contributed by atoms with van der Waals surface area (Å²) in [5.41, 5.74) is -4.94. The molecule has 6 nitrogen and oxygen atoms in total. The summed E-state index contributed by atoms with van der Waals surface area (Å²) in [6.07, 6.45) is 3.05. The summed E-state index contributed by atoms with van der Waals surface area (Å²) in [7, 11) is -4.27. The fourth-order valence-electron chi connectivity index (χ4n) is 0.683. The first-order valence-corrected chi connectivity index (χ1v) is 8.10. The van der Waals surface area contributed by atoms with Gasteiger partial charge < -0.3 is 0 Å². The fourth-order valence-corrected chi connectivity index (χ4v) is 1.63. The van der Waals surface area contributed by atoms with Gasteiger partial charge in [-0.25, -0.2) is 8.42 Å². The van der Waals surface area contributed by atoms with Crippen LogP contribution in [0.25, 0.3) is 0 Å². The minimum absolute atomic E-state index is 0.164. The Morgan fingerprint density at radius 2 is 1.74 bits per heavy atom. The van der Waals surface area contributed by atoms with Crippen molar-refractivity contribution in [3.63, 3.8) is 0 Å². The molecule has 0 saturated heterocycles. The SMILES string of the molecule is O=S(=O)(Cl)Cc1cccnc1.O=S(=O)(O)C(F)(F)F. The predicted molar refractivity (Wildman–Crippen MR) is 60.3 cm³/mol. The van der Waals surface area contributed by atoms with Crippen LogP contribution in [0.2, 0.25) is 0 Å². The maximum Gasteiger partial charge on any atom is 0.522 e. The molecule has 0 spiro atoms. The van der Waals surface area contributed by atoms with Gasteiger partial charge in [-0.3, -0.25) is 9.54 Å². The highest BCUT2D eigenvalue weighted by molar-refractivity contribution is 8.13. The van der Waals surface area contributed by atoms with Crippen molar-refractivity contribution in [1.82, 2.24) is 4.98 Å². The Labute approximate surface area is 111 Å². The largest absolute Gasteiger partial charge is 0.522 e. The quantitative estimate of drug-likeness (QED) is 0.497. The molecular formula is C7H7ClF3NO5S2. The third-order valence-electron chi connectivity index (χ3n) is 1.35. The second-order valence-corrected chi connectivity index (χ2v) is 7.16. The van der Waals surface area contributed by atoms with Gasteiger partial charge in [-0.15, -0.1) is 0 Å². The molecule has 0 fully saturated rings. The van der Waals surface area contributed by atoms with Gasteiger partial charge in [0.25, 0.3) is 0 Å². The van der Waals surface area contributed by atoms with E-state index in [-0.39, 0.29) is 5.75 Å². The minimum atomic E-state index is -5.84. The van der Waals surface area contributed by atoms with Crippen molar-refractivity contribution >= 4 is 29.9 Å². The van der Waals surface area contributed by atoms with Gasteiger partial charge >= 0.3 is 15.6 Å². The van der Waals surface area contributed by atoms with Crippen molar-refractivity contribution in [1.29, 1.82) is 0 Å². The molecule has 1 N–H and O–H groups in total. The second kappa shape index (κ2) is 6.50. The van der Waals surface area contributed by atoms with E-state index < -0.39 is 24.7 Å². The molecule has 12 heteroatoms. The van der Waals surface area contributed by atoms with Crippen molar-refractivity contribution in [2.45, 2.75) is 11.3 Å². The zero-order chi connectivity index (χ0) is 15.3. The number of hydrogen-bond donors (Lipinski definition) is 1. The summed E-state index contributed by atoms with van der Waals surface area (Å²) in [6.45, 7) is 0. The Hall–Kier alpha value is -0.910. The molecule has 0 amide bonds.